The lowest BCUT2D eigenvalue weighted by molar-refractivity contribution is 0.102. The average molecular weight is 394 g/mol. The first kappa shape index (κ1) is 19.8. The predicted molar refractivity (Wildman–Crippen MR) is 115 cm³/mol. The van der Waals surface area contributed by atoms with Gasteiger partial charge in [-0.05, 0) is 73.7 Å². The number of ether oxygens (including phenoxy) is 1. The number of amides is 1. The van der Waals surface area contributed by atoms with Crippen LogP contribution in [0.15, 0.2) is 59.6 Å². The molecule has 144 valence electrons. The van der Waals surface area contributed by atoms with Gasteiger partial charge in [0.05, 0.1) is 17.7 Å². The van der Waals surface area contributed by atoms with Crippen LogP contribution in [0.2, 0.25) is 0 Å². The van der Waals surface area contributed by atoms with Gasteiger partial charge >= 0.3 is 0 Å². The summed E-state index contributed by atoms with van der Waals surface area (Å²) in [7, 11) is 1.63. The van der Waals surface area contributed by atoms with Gasteiger partial charge < -0.3 is 14.8 Å². The van der Waals surface area contributed by atoms with Crippen molar-refractivity contribution in [3.63, 3.8) is 0 Å². The Hall–Kier alpha value is -2.99. The standard InChI is InChI=1S/C22H23N3O2S/c1-14-7-5-8-15(2)20(14)25-28-19-13-17(10-11-18(19)27-4)24-22(26)21-16(3)9-6-12-23-21/h5-13,25H,1-4H3,(H,24,26). The van der Waals surface area contributed by atoms with Gasteiger partial charge in [-0.25, -0.2) is 0 Å². The fourth-order valence-corrected chi connectivity index (χ4v) is 3.80. The zero-order valence-electron chi connectivity index (χ0n) is 16.4. The Morgan fingerprint density at radius 3 is 2.39 bits per heavy atom. The van der Waals surface area contributed by atoms with E-state index in [1.807, 2.05) is 43.3 Å². The second kappa shape index (κ2) is 8.80. The molecule has 2 N–H and O–H groups in total. The molecule has 0 unspecified atom stereocenters. The number of hydrogen-bond donors (Lipinski definition) is 2. The molecule has 0 bridgehead atoms. The average Bonchev–Trinajstić information content (AvgIpc) is 2.68. The number of carbonyl (C=O) groups is 1. The molecule has 1 heterocycles. The van der Waals surface area contributed by atoms with Gasteiger partial charge in [-0.2, -0.15) is 0 Å². The SMILES string of the molecule is COc1ccc(NC(=O)c2ncccc2C)cc1SNc1c(C)cccc1C. The second-order valence-corrected chi connectivity index (χ2v) is 7.31. The number of hydrogen-bond acceptors (Lipinski definition) is 5. The van der Waals surface area contributed by atoms with E-state index in [1.54, 1.807) is 13.3 Å². The van der Waals surface area contributed by atoms with Gasteiger partial charge in [-0.1, -0.05) is 24.3 Å². The van der Waals surface area contributed by atoms with E-state index in [0.29, 0.717) is 11.4 Å². The summed E-state index contributed by atoms with van der Waals surface area (Å²) in [4.78, 5) is 17.6. The van der Waals surface area contributed by atoms with Crippen molar-refractivity contribution in [1.29, 1.82) is 0 Å². The fourth-order valence-electron chi connectivity index (χ4n) is 2.83. The molecule has 28 heavy (non-hydrogen) atoms. The number of pyridine rings is 1. The van der Waals surface area contributed by atoms with Crippen LogP contribution in [0.5, 0.6) is 5.75 Å². The number of aromatic nitrogens is 1. The molecule has 6 heteroatoms. The summed E-state index contributed by atoms with van der Waals surface area (Å²) in [6.07, 6.45) is 1.62. The molecule has 0 spiro atoms. The zero-order valence-corrected chi connectivity index (χ0v) is 17.2. The van der Waals surface area contributed by atoms with Crippen molar-refractivity contribution in [2.24, 2.45) is 0 Å². The van der Waals surface area contributed by atoms with Gasteiger partial charge in [-0.15, -0.1) is 0 Å². The van der Waals surface area contributed by atoms with Crippen LogP contribution < -0.4 is 14.8 Å². The van der Waals surface area contributed by atoms with Crippen LogP contribution in [-0.4, -0.2) is 18.0 Å². The van der Waals surface area contributed by atoms with Crippen LogP contribution in [-0.2, 0) is 0 Å². The number of methoxy groups -OCH3 is 1. The molecular formula is C22H23N3O2S. The Bertz CT molecular complexity index is 985. The highest BCUT2D eigenvalue weighted by molar-refractivity contribution is 8.00. The Morgan fingerprint density at radius 1 is 1.00 bits per heavy atom. The highest BCUT2D eigenvalue weighted by Gasteiger charge is 2.13. The first-order valence-corrected chi connectivity index (χ1v) is 9.71. The zero-order chi connectivity index (χ0) is 20.1. The van der Waals surface area contributed by atoms with Gasteiger partial charge in [-0.3, -0.25) is 9.78 Å². The minimum atomic E-state index is -0.234. The highest BCUT2D eigenvalue weighted by atomic mass is 32.2. The Morgan fingerprint density at radius 2 is 1.71 bits per heavy atom. The third kappa shape index (κ3) is 4.46. The van der Waals surface area contributed by atoms with E-state index in [2.05, 4.69) is 41.0 Å². The van der Waals surface area contributed by atoms with E-state index in [0.717, 1.165) is 21.9 Å². The molecule has 0 saturated heterocycles. The minimum absolute atomic E-state index is 0.234. The van der Waals surface area contributed by atoms with E-state index in [-0.39, 0.29) is 5.91 Å². The molecule has 5 nitrogen and oxygen atoms in total. The van der Waals surface area contributed by atoms with Gasteiger partial charge in [0.1, 0.15) is 11.4 Å². The molecule has 2 aromatic carbocycles. The lowest BCUT2D eigenvalue weighted by Gasteiger charge is -2.15. The van der Waals surface area contributed by atoms with Crippen LogP contribution in [0.25, 0.3) is 0 Å². The second-order valence-electron chi connectivity index (χ2n) is 6.46. The minimum Gasteiger partial charge on any atom is -0.496 e. The largest absolute Gasteiger partial charge is 0.496 e. The predicted octanol–water partition coefficient (Wildman–Crippen LogP) is 5.39. The van der Waals surface area contributed by atoms with Gasteiger partial charge in [0, 0.05) is 11.9 Å². The smallest absolute Gasteiger partial charge is 0.274 e. The van der Waals surface area contributed by atoms with Crippen molar-refractivity contribution < 1.29 is 9.53 Å². The summed E-state index contributed by atoms with van der Waals surface area (Å²) in [6.45, 7) is 6.00. The van der Waals surface area contributed by atoms with Crippen molar-refractivity contribution >= 4 is 29.2 Å². The molecule has 3 aromatic rings. The van der Waals surface area contributed by atoms with Gasteiger partial charge in [0.25, 0.3) is 5.91 Å². The van der Waals surface area contributed by atoms with Gasteiger partial charge in [0.2, 0.25) is 0 Å². The number of carbonyl (C=O) groups excluding carboxylic acids is 1. The summed E-state index contributed by atoms with van der Waals surface area (Å²) in [5.41, 5.74) is 5.35. The first-order chi connectivity index (χ1) is 13.5. The number of rotatable bonds is 6. The van der Waals surface area contributed by atoms with E-state index >= 15 is 0 Å². The van der Waals surface area contributed by atoms with E-state index in [4.69, 9.17) is 4.74 Å². The van der Waals surface area contributed by atoms with Crippen LogP contribution >= 0.6 is 11.9 Å². The van der Waals surface area contributed by atoms with Crippen LogP contribution in [0.1, 0.15) is 27.2 Å². The number of benzene rings is 2. The highest BCUT2D eigenvalue weighted by Crippen LogP contribution is 2.34. The van der Waals surface area contributed by atoms with Crippen LogP contribution in [0.4, 0.5) is 11.4 Å². The lowest BCUT2D eigenvalue weighted by Crippen LogP contribution is -2.15. The van der Waals surface area contributed by atoms with Crippen molar-refractivity contribution in [2.75, 3.05) is 17.1 Å². The number of aryl methyl sites for hydroxylation is 3. The summed E-state index contributed by atoms with van der Waals surface area (Å²) < 4.78 is 8.88. The number of anilines is 2. The Balaban J connectivity index is 1.80. The Kier molecular flexibility index (Phi) is 6.21. The first-order valence-electron chi connectivity index (χ1n) is 8.89. The maximum atomic E-state index is 12.5. The number of nitrogens with one attached hydrogen (secondary N) is 2. The molecule has 0 aliphatic heterocycles. The lowest BCUT2D eigenvalue weighted by atomic mass is 10.1. The fraction of sp³-hybridized carbons (Fsp3) is 0.182. The molecular weight excluding hydrogens is 370 g/mol. The monoisotopic (exact) mass is 393 g/mol. The van der Waals surface area contributed by atoms with E-state index in [1.165, 1.54) is 23.1 Å². The van der Waals surface area contributed by atoms with Crippen molar-refractivity contribution in [1.82, 2.24) is 4.98 Å². The normalized spacial score (nSPS) is 10.4. The number of nitrogens with zero attached hydrogens (tertiary/aromatic N) is 1. The Labute approximate surface area is 169 Å². The third-order valence-corrected chi connectivity index (χ3v) is 5.24. The molecule has 0 radical (unpaired) electrons. The third-order valence-electron chi connectivity index (χ3n) is 4.39. The number of para-hydroxylation sites is 1. The molecule has 0 saturated carbocycles. The molecule has 3 rings (SSSR count). The van der Waals surface area contributed by atoms with Crippen molar-refractivity contribution in [3.8, 4) is 5.75 Å². The maximum absolute atomic E-state index is 12.5. The van der Waals surface area contributed by atoms with Gasteiger partial charge in [0.15, 0.2) is 0 Å². The van der Waals surface area contributed by atoms with Crippen LogP contribution in [0.3, 0.4) is 0 Å². The van der Waals surface area contributed by atoms with E-state index in [9.17, 15) is 4.79 Å². The van der Waals surface area contributed by atoms with Crippen molar-refractivity contribution in [2.45, 2.75) is 25.7 Å². The molecule has 0 fully saturated rings. The molecule has 0 aliphatic rings. The topological polar surface area (TPSA) is 63.2 Å². The molecule has 1 aromatic heterocycles. The molecule has 1 amide bonds. The molecule has 0 aliphatic carbocycles. The summed E-state index contributed by atoms with van der Waals surface area (Å²) in [5, 5.41) is 2.91. The summed E-state index contributed by atoms with van der Waals surface area (Å²) >= 11 is 1.45. The quantitative estimate of drug-likeness (QED) is 0.550. The summed E-state index contributed by atoms with van der Waals surface area (Å²) in [6, 6.07) is 15.4. The molecule has 0 atom stereocenters. The maximum Gasteiger partial charge on any atom is 0.274 e. The summed E-state index contributed by atoms with van der Waals surface area (Å²) in [5.74, 6) is 0.498. The van der Waals surface area contributed by atoms with E-state index < -0.39 is 0 Å². The van der Waals surface area contributed by atoms with Crippen LogP contribution in [0, 0.1) is 20.8 Å². The van der Waals surface area contributed by atoms with Crippen molar-refractivity contribution in [3.05, 3.63) is 77.1 Å².